The summed E-state index contributed by atoms with van der Waals surface area (Å²) < 4.78 is 12.0. The molecule has 1 aliphatic rings. The second-order valence-corrected chi connectivity index (χ2v) is 3.82. The van der Waals surface area contributed by atoms with Crippen LogP contribution < -0.4 is 14.9 Å². The molecule has 91 valence electrons. The summed E-state index contributed by atoms with van der Waals surface area (Å²) in [6.45, 7) is 2.53. The molecule has 0 saturated carbocycles. The van der Waals surface area contributed by atoms with Crippen molar-refractivity contribution in [1.82, 2.24) is 9.78 Å². The van der Waals surface area contributed by atoms with Crippen molar-refractivity contribution in [2.75, 3.05) is 6.79 Å². The summed E-state index contributed by atoms with van der Waals surface area (Å²) in [7, 11) is 0. The fourth-order valence-corrected chi connectivity index (χ4v) is 1.98. The van der Waals surface area contributed by atoms with E-state index in [-0.39, 0.29) is 12.5 Å². The number of aromatic nitrogens is 2. The molecule has 1 aromatic heterocycles. The van der Waals surface area contributed by atoms with Crippen LogP contribution in [0.5, 0.6) is 11.5 Å². The van der Waals surface area contributed by atoms with E-state index in [2.05, 4.69) is 5.10 Å². The predicted octanol–water partition coefficient (Wildman–Crippen LogP) is 0.603. The number of aryl methyl sites for hydroxylation is 1. The lowest BCUT2D eigenvalue weighted by Gasteiger charge is -2.08. The second-order valence-electron chi connectivity index (χ2n) is 3.82. The van der Waals surface area contributed by atoms with Crippen LogP contribution in [0.25, 0.3) is 10.9 Å². The van der Waals surface area contributed by atoms with E-state index in [1.165, 1.54) is 0 Å². The zero-order valence-corrected chi connectivity index (χ0v) is 9.60. The third kappa shape index (κ3) is 1.38. The minimum Gasteiger partial charge on any atom is -0.454 e. The maximum absolute atomic E-state index is 12.0. The molecule has 1 aromatic carbocycles. The molecule has 0 fully saturated rings. The van der Waals surface area contributed by atoms with Gasteiger partial charge in [-0.2, -0.15) is 5.10 Å². The zero-order valence-electron chi connectivity index (χ0n) is 9.60. The molecule has 2 aromatic rings. The van der Waals surface area contributed by atoms with Gasteiger partial charge in [0.25, 0.3) is 6.29 Å². The van der Waals surface area contributed by atoms with Crippen LogP contribution in [-0.2, 0) is 11.3 Å². The number of carbonyl (C=O) groups excluding carboxylic acids is 1. The van der Waals surface area contributed by atoms with Crippen molar-refractivity contribution in [2.24, 2.45) is 0 Å². The molecule has 0 spiro atoms. The summed E-state index contributed by atoms with van der Waals surface area (Å²) in [5.41, 5.74) is -0.0445. The van der Waals surface area contributed by atoms with E-state index in [0.29, 0.717) is 28.9 Å². The highest BCUT2D eigenvalue weighted by Gasteiger charge is 2.18. The highest BCUT2D eigenvalue weighted by Crippen LogP contribution is 2.34. The van der Waals surface area contributed by atoms with Crippen molar-refractivity contribution in [3.63, 3.8) is 0 Å². The summed E-state index contributed by atoms with van der Waals surface area (Å²) in [5.74, 6) is 1.08. The van der Waals surface area contributed by atoms with Gasteiger partial charge in [0.1, 0.15) is 0 Å². The first kappa shape index (κ1) is 10.8. The molecule has 0 unspecified atom stereocenters. The number of fused-ring (bicyclic) bond motifs is 2. The molecule has 0 N–H and O–H groups in total. The van der Waals surface area contributed by atoms with Crippen LogP contribution in [0, 0.1) is 0 Å². The van der Waals surface area contributed by atoms with E-state index in [1.807, 2.05) is 6.92 Å². The Balaban J connectivity index is 2.44. The molecule has 0 bridgehead atoms. The SMILES string of the molecule is CCn1nc([C]=O)c(=O)c2cc3c(cc21)OCO3. The smallest absolute Gasteiger partial charge is 0.259 e. The molecule has 6 nitrogen and oxygen atoms in total. The van der Waals surface area contributed by atoms with Crippen molar-refractivity contribution in [2.45, 2.75) is 13.5 Å². The van der Waals surface area contributed by atoms with Crippen LogP contribution in [0.2, 0.25) is 0 Å². The lowest BCUT2D eigenvalue weighted by molar-refractivity contribution is 0.174. The summed E-state index contributed by atoms with van der Waals surface area (Å²) in [6.07, 6.45) is 1.56. The maximum atomic E-state index is 12.0. The van der Waals surface area contributed by atoms with Gasteiger partial charge in [-0.1, -0.05) is 0 Å². The Kier molecular flexibility index (Phi) is 2.29. The first-order valence-electron chi connectivity index (χ1n) is 5.47. The van der Waals surface area contributed by atoms with Gasteiger partial charge in [0.05, 0.1) is 10.9 Å². The molecule has 1 radical (unpaired) electrons. The first-order chi connectivity index (χ1) is 8.74. The van der Waals surface area contributed by atoms with Crippen molar-refractivity contribution in [1.29, 1.82) is 0 Å². The van der Waals surface area contributed by atoms with Crippen LogP contribution in [0.1, 0.15) is 12.6 Å². The predicted molar refractivity (Wildman–Crippen MR) is 62.6 cm³/mol. The lowest BCUT2D eigenvalue weighted by Crippen LogP contribution is -2.18. The summed E-state index contributed by atoms with van der Waals surface area (Å²) in [5, 5.41) is 4.33. The lowest BCUT2D eigenvalue weighted by atomic mass is 10.2. The molecule has 0 atom stereocenters. The van der Waals surface area contributed by atoms with Gasteiger partial charge >= 0.3 is 0 Å². The number of nitrogens with zero attached hydrogens (tertiary/aromatic N) is 2. The van der Waals surface area contributed by atoms with Crippen LogP contribution in [0.4, 0.5) is 0 Å². The Hall–Kier alpha value is -2.37. The van der Waals surface area contributed by atoms with Crippen molar-refractivity contribution in [3.8, 4) is 11.5 Å². The minimum atomic E-state index is -0.442. The Bertz CT molecular complexity index is 705. The van der Waals surface area contributed by atoms with Crippen molar-refractivity contribution in [3.05, 3.63) is 28.0 Å². The normalized spacial score (nSPS) is 12.9. The average molecular weight is 245 g/mol. The first-order valence-corrected chi connectivity index (χ1v) is 5.47. The quantitative estimate of drug-likeness (QED) is 0.775. The molecule has 0 saturated heterocycles. The third-order valence-corrected chi connectivity index (χ3v) is 2.85. The van der Waals surface area contributed by atoms with Gasteiger partial charge in [-0.25, -0.2) is 0 Å². The van der Waals surface area contributed by atoms with E-state index in [1.54, 1.807) is 23.1 Å². The molecule has 3 rings (SSSR count). The van der Waals surface area contributed by atoms with E-state index < -0.39 is 5.43 Å². The topological polar surface area (TPSA) is 70.4 Å². The highest BCUT2D eigenvalue weighted by molar-refractivity contribution is 5.87. The Morgan fingerprint density at radius 1 is 1.39 bits per heavy atom. The Labute approximate surface area is 102 Å². The largest absolute Gasteiger partial charge is 0.454 e. The third-order valence-electron chi connectivity index (χ3n) is 2.85. The molecular formula is C12H9N2O4. The van der Waals surface area contributed by atoms with Gasteiger partial charge in [-0.3, -0.25) is 14.3 Å². The molecule has 0 amide bonds. The number of ether oxygens (including phenoxy) is 2. The van der Waals surface area contributed by atoms with Crippen LogP contribution in [0.15, 0.2) is 16.9 Å². The summed E-state index contributed by atoms with van der Waals surface area (Å²) >= 11 is 0. The molecular weight excluding hydrogens is 236 g/mol. The van der Waals surface area contributed by atoms with Gasteiger partial charge < -0.3 is 9.47 Å². The van der Waals surface area contributed by atoms with Crippen molar-refractivity contribution < 1.29 is 14.3 Å². The van der Waals surface area contributed by atoms with Gasteiger partial charge in [0, 0.05) is 12.6 Å². The van der Waals surface area contributed by atoms with Gasteiger partial charge in [-0.15, -0.1) is 0 Å². The van der Waals surface area contributed by atoms with E-state index in [0.717, 1.165) is 0 Å². The standard InChI is InChI=1S/C12H9N2O4/c1-2-14-9-4-11-10(17-6-18-11)3-7(9)12(16)8(5-15)13-14/h3-4H,2,6H2,1H3. The fourth-order valence-electron chi connectivity index (χ4n) is 1.98. The summed E-state index contributed by atoms with van der Waals surface area (Å²) in [4.78, 5) is 22.7. The number of hydrogen-bond donors (Lipinski definition) is 0. The van der Waals surface area contributed by atoms with E-state index >= 15 is 0 Å². The molecule has 1 aliphatic heterocycles. The maximum Gasteiger partial charge on any atom is 0.259 e. The average Bonchev–Trinajstić information content (AvgIpc) is 2.85. The second kappa shape index (κ2) is 3.83. The highest BCUT2D eigenvalue weighted by atomic mass is 16.7. The monoisotopic (exact) mass is 245 g/mol. The fraction of sp³-hybridized carbons (Fsp3) is 0.250. The molecule has 18 heavy (non-hydrogen) atoms. The molecule has 0 aliphatic carbocycles. The van der Waals surface area contributed by atoms with Gasteiger partial charge in [0.2, 0.25) is 12.2 Å². The zero-order chi connectivity index (χ0) is 12.7. The molecule has 2 heterocycles. The number of hydrogen-bond acceptors (Lipinski definition) is 5. The van der Waals surface area contributed by atoms with Gasteiger partial charge in [0.15, 0.2) is 17.2 Å². The number of benzene rings is 1. The minimum absolute atomic E-state index is 0.131. The summed E-state index contributed by atoms with van der Waals surface area (Å²) in [6, 6.07) is 3.28. The Morgan fingerprint density at radius 3 is 2.78 bits per heavy atom. The molecule has 6 heteroatoms. The van der Waals surface area contributed by atoms with Crippen LogP contribution in [-0.4, -0.2) is 22.9 Å². The Morgan fingerprint density at radius 2 is 2.11 bits per heavy atom. The van der Waals surface area contributed by atoms with E-state index in [4.69, 9.17) is 9.47 Å². The van der Waals surface area contributed by atoms with Gasteiger partial charge in [-0.05, 0) is 13.0 Å². The van der Waals surface area contributed by atoms with E-state index in [9.17, 15) is 9.59 Å². The van der Waals surface area contributed by atoms with Crippen molar-refractivity contribution >= 4 is 17.2 Å². The van der Waals surface area contributed by atoms with Crippen LogP contribution in [0.3, 0.4) is 0 Å². The van der Waals surface area contributed by atoms with Crippen LogP contribution >= 0.6 is 0 Å². The number of rotatable bonds is 2.